The van der Waals surface area contributed by atoms with Gasteiger partial charge in [0.2, 0.25) is 0 Å². The molecule has 1 atom stereocenters. The minimum atomic E-state index is -0.501. The van der Waals surface area contributed by atoms with Crippen LogP contribution >= 0.6 is 34.2 Å². The summed E-state index contributed by atoms with van der Waals surface area (Å²) in [5.74, 6) is 0.677. The molecule has 1 amide bonds. The third-order valence-corrected chi connectivity index (χ3v) is 5.14. The van der Waals surface area contributed by atoms with Crippen LogP contribution in [0.2, 0.25) is 0 Å². The van der Waals surface area contributed by atoms with Gasteiger partial charge in [0.15, 0.2) is 0 Å². The highest BCUT2D eigenvalue weighted by Crippen LogP contribution is 2.31. The van der Waals surface area contributed by atoms with Gasteiger partial charge in [-0.2, -0.15) is 0 Å². The van der Waals surface area contributed by atoms with Gasteiger partial charge in [-0.25, -0.2) is 9.79 Å². The first kappa shape index (κ1) is 20.2. The van der Waals surface area contributed by atoms with Crippen molar-refractivity contribution in [1.82, 2.24) is 9.47 Å². The maximum atomic E-state index is 12.5. The smallest absolute Gasteiger partial charge is 0.410 e. The molecule has 2 heterocycles. The van der Waals surface area contributed by atoms with E-state index in [1.807, 2.05) is 31.5 Å². The van der Waals surface area contributed by atoms with Crippen LogP contribution < -0.4 is 0 Å². The highest BCUT2D eigenvalue weighted by Gasteiger charge is 2.33. The Morgan fingerprint density at radius 1 is 1.52 bits per heavy atom. The first-order valence-electron chi connectivity index (χ1n) is 8.15. The molecule has 1 aliphatic heterocycles. The number of hydrogen-bond donors (Lipinski definition) is 0. The lowest BCUT2D eigenvalue weighted by atomic mass is 10.2. The average molecular weight is 479 g/mol. The van der Waals surface area contributed by atoms with Crippen LogP contribution in [0.25, 0.3) is 0 Å². The van der Waals surface area contributed by atoms with Crippen LogP contribution in [0, 0.1) is 3.57 Å². The van der Waals surface area contributed by atoms with E-state index in [4.69, 9.17) is 16.3 Å². The molecule has 2 rings (SSSR count). The SMILES string of the molecule is C=Nc1c(C(Cl)=NC)c(I)cn1C[C@H]1CCCN1C(=O)OC(C)(C)C. The van der Waals surface area contributed by atoms with E-state index in [-0.39, 0.29) is 12.1 Å². The standard InChI is InChI=1S/C17H24ClIN4O2/c1-17(2,3)25-16(24)23-8-6-7-11(23)9-22-10-12(19)13(14(18)20-4)15(22)21-5/h10-11H,5-9H2,1-4H3/t11-/m1/s1. The topological polar surface area (TPSA) is 59.2 Å². The van der Waals surface area contributed by atoms with Crippen LogP contribution in [0.5, 0.6) is 0 Å². The number of rotatable bonds is 4. The van der Waals surface area contributed by atoms with Crippen LogP contribution in [-0.2, 0) is 11.3 Å². The predicted octanol–water partition coefficient (Wildman–Crippen LogP) is 4.44. The van der Waals surface area contributed by atoms with Gasteiger partial charge in [0.25, 0.3) is 0 Å². The van der Waals surface area contributed by atoms with Crippen molar-refractivity contribution in [2.75, 3.05) is 13.6 Å². The fourth-order valence-corrected chi connectivity index (χ4v) is 4.12. The van der Waals surface area contributed by atoms with Gasteiger partial charge < -0.3 is 14.2 Å². The Bertz CT molecular complexity index is 694. The molecular formula is C17H24ClIN4O2. The van der Waals surface area contributed by atoms with Gasteiger partial charge in [-0.05, 0) is 62.9 Å². The Kier molecular flexibility index (Phi) is 6.53. The van der Waals surface area contributed by atoms with E-state index in [0.29, 0.717) is 24.1 Å². The van der Waals surface area contributed by atoms with Gasteiger partial charge in [0.05, 0.1) is 11.6 Å². The van der Waals surface area contributed by atoms with E-state index in [2.05, 4.69) is 39.3 Å². The van der Waals surface area contributed by atoms with Gasteiger partial charge in [-0.15, -0.1) is 0 Å². The Hall–Kier alpha value is -1.09. The molecule has 0 aromatic carbocycles. The van der Waals surface area contributed by atoms with Crippen molar-refractivity contribution in [3.63, 3.8) is 0 Å². The van der Waals surface area contributed by atoms with Gasteiger partial charge in [0, 0.05) is 29.9 Å². The maximum absolute atomic E-state index is 12.5. The molecule has 1 saturated heterocycles. The molecule has 25 heavy (non-hydrogen) atoms. The first-order valence-corrected chi connectivity index (χ1v) is 9.61. The van der Waals surface area contributed by atoms with E-state index in [9.17, 15) is 4.79 Å². The summed E-state index contributed by atoms with van der Waals surface area (Å²) in [4.78, 5) is 22.5. The third-order valence-electron chi connectivity index (χ3n) is 3.97. The van der Waals surface area contributed by atoms with E-state index in [0.717, 1.165) is 22.0 Å². The number of aromatic nitrogens is 1. The van der Waals surface area contributed by atoms with Crippen molar-refractivity contribution in [2.24, 2.45) is 9.98 Å². The number of likely N-dealkylation sites (tertiary alicyclic amines) is 1. The average Bonchev–Trinajstić information content (AvgIpc) is 3.09. The Morgan fingerprint density at radius 3 is 2.76 bits per heavy atom. The molecule has 0 unspecified atom stereocenters. The molecule has 8 heteroatoms. The zero-order valence-corrected chi connectivity index (χ0v) is 18.0. The number of aliphatic imine (C=N–C) groups is 2. The van der Waals surface area contributed by atoms with Gasteiger partial charge in [-0.1, -0.05) is 11.6 Å². The van der Waals surface area contributed by atoms with Crippen LogP contribution in [0.1, 0.15) is 39.2 Å². The highest BCUT2D eigenvalue weighted by molar-refractivity contribution is 14.1. The quantitative estimate of drug-likeness (QED) is 0.474. The molecule has 0 aliphatic carbocycles. The van der Waals surface area contributed by atoms with Crippen molar-refractivity contribution >= 4 is 58.0 Å². The zero-order chi connectivity index (χ0) is 18.8. The summed E-state index contributed by atoms with van der Waals surface area (Å²) < 4.78 is 8.48. The zero-order valence-electron chi connectivity index (χ0n) is 15.1. The molecular weight excluding hydrogens is 455 g/mol. The van der Waals surface area contributed by atoms with Gasteiger partial charge >= 0.3 is 6.09 Å². The molecule has 1 aliphatic rings. The summed E-state index contributed by atoms with van der Waals surface area (Å²) in [6, 6.07) is 0.0590. The summed E-state index contributed by atoms with van der Waals surface area (Å²) >= 11 is 8.43. The lowest BCUT2D eigenvalue weighted by Crippen LogP contribution is -2.41. The summed E-state index contributed by atoms with van der Waals surface area (Å²) in [5.41, 5.74) is 0.278. The monoisotopic (exact) mass is 478 g/mol. The molecule has 1 aromatic heterocycles. The summed E-state index contributed by atoms with van der Waals surface area (Å²) in [6.45, 7) is 10.6. The molecule has 1 fully saturated rings. The van der Waals surface area contributed by atoms with Crippen LogP contribution in [-0.4, -0.2) is 52.7 Å². The highest BCUT2D eigenvalue weighted by atomic mass is 127. The lowest BCUT2D eigenvalue weighted by Gasteiger charge is -2.29. The maximum Gasteiger partial charge on any atom is 0.410 e. The second kappa shape index (κ2) is 8.07. The fourth-order valence-electron chi connectivity index (χ4n) is 2.94. The third kappa shape index (κ3) is 4.75. The Morgan fingerprint density at radius 2 is 2.20 bits per heavy atom. The molecule has 138 valence electrons. The largest absolute Gasteiger partial charge is 0.444 e. The predicted molar refractivity (Wildman–Crippen MR) is 111 cm³/mol. The number of hydrogen-bond acceptors (Lipinski definition) is 4. The van der Waals surface area contributed by atoms with Crippen LogP contribution in [0.3, 0.4) is 0 Å². The fraction of sp³-hybridized carbons (Fsp3) is 0.588. The molecule has 0 radical (unpaired) electrons. The van der Waals surface area contributed by atoms with Crippen molar-refractivity contribution in [1.29, 1.82) is 0 Å². The van der Waals surface area contributed by atoms with E-state index in [1.54, 1.807) is 11.9 Å². The number of carbonyl (C=O) groups is 1. The van der Waals surface area contributed by atoms with E-state index >= 15 is 0 Å². The van der Waals surface area contributed by atoms with E-state index < -0.39 is 5.60 Å². The number of halogens is 2. The minimum absolute atomic E-state index is 0.0590. The van der Waals surface area contributed by atoms with Crippen LogP contribution in [0.4, 0.5) is 10.6 Å². The number of carbonyl (C=O) groups excluding carboxylic acids is 1. The van der Waals surface area contributed by atoms with Crippen molar-refractivity contribution in [2.45, 2.75) is 51.8 Å². The van der Waals surface area contributed by atoms with Gasteiger partial charge in [-0.3, -0.25) is 4.99 Å². The van der Waals surface area contributed by atoms with Crippen molar-refractivity contribution in [3.05, 3.63) is 15.3 Å². The second-order valence-electron chi connectivity index (χ2n) is 6.97. The minimum Gasteiger partial charge on any atom is -0.444 e. The molecule has 0 spiro atoms. The Labute approximate surface area is 167 Å². The summed E-state index contributed by atoms with van der Waals surface area (Å²) in [5, 5.41) is 0.404. The van der Waals surface area contributed by atoms with Crippen molar-refractivity contribution in [3.8, 4) is 0 Å². The lowest BCUT2D eigenvalue weighted by molar-refractivity contribution is 0.0214. The number of nitrogens with zero attached hydrogens (tertiary/aromatic N) is 4. The number of ether oxygens (including phenoxy) is 1. The van der Waals surface area contributed by atoms with Gasteiger partial charge in [0.1, 0.15) is 16.6 Å². The van der Waals surface area contributed by atoms with E-state index in [1.165, 1.54) is 0 Å². The number of amides is 1. The molecule has 0 saturated carbocycles. The molecule has 6 nitrogen and oxygen atoms in total. The molecule has 0 bridgehead atoms. The summed E-state index contributed by atoms with van der Waals surface area (Å²) in [7, 11) is 1.64. The molecule has 0 N–H and O–H groups in total. The normalized spacial score (nSPS) is 18.6. The Balaban J connectivity index is 2.24. The summed E-state index contributed by atoms with van der Waals surface area (Å²) in [6.07, 6.45) is 3.59. The van der Waals surface area contributed by atoms with Crippen LogP contribution in [0.15, 0.2) is 16.2 Å². The first-order chi connectivity index (χ1) is 11.7. The molecule has 1 aromatic rings. The van der Waals surface area contributed by atoms with Crippen molar-refractivity contribution < 1.29 is 9.53 Å². The second-order valence-corrected chi connectivity index (χ2v) is 8.49.